The van der Waals surface area contributed by atoms with E-state index in [1.807, 2.05) is 6.92 Å². The Balaban J connectivity index is 2.27. The summed E-state index contributed by atoms with van der Waals surface area (Å²) in [4.78, 5) is 4.77. The van der Waals surface area contributed by atoms with Crippen LogP contribution >= 0.6 is 11.3 Å². The molecule has 0 saturated carbocycles. The standard InChI is InChI=1S/C11H13N3O2S2/c1-8-4-9(7-13-6-8)14-18(15,16)11-3-2-10(5-12)17-11/h2-4,6-7,14H,5,12H2,1H3. The minimum absolute atomic E-state index is 0.254. The van der Waals surface area contributed by atoms with E-state index in [-0.39, 0.29) is 4.21 Å². The van der Waals surface area contributed by atoms with Crippen molar-refractivity contribution in [2.45, 2.75) is 17.7 Å². The number of rotatable bonds is 4. The third kappa shape index (κ3) is 2.87. The van der Waals surface area contributed by atoms with Crippen LogP contribution in [0.2, 0.25) is 0 Å². The molecular formula is C11H13N3O2S2. The van der Waals surface area contributed by atoms with Crippen LogP contribution in [0.4, 0.5) is 5.69 Å². The molecular weight excluding hydrogens is 270 g/mol. The van der Waals surface area contributed by atoms with Crippen molar-refractivity contribution in [2.75, 3.05) is 4.72 Å². The first-order valence-electron chi connectivity index (χ1n) is 5.24. The molecule has 0 aliphatic rings. The maximum absolute atomic E-state index is 12.1. The predicted octanol–water partition coefficient (Wildman–Crippen LogP) is 1.71. The van der Waals surface area contributed by atoms with Crippen LogP contribution in [0.5, 0.6) is 0 Å². The van der Waals surface area contributed by atoms with E-state index in [0.29, 0.717) is 12.2 Å². The fourth-order valence-corrected chi connectivity index (χ4v) is 3.70. The highest BCUT2D eigenvalue weighted by molar-refractivity contribution is 7.94. The predicted molar refractivity (Wildman–Crippen MR) is 72.0 cm³/mol. The number of sulfonamides is 1. The zero-order valence-corrected chi connectivity index (χ0v) is 11.4. The van der Waals surface area contributed by atoms with Crippen molar-refractivity contribution in [1.29, 1.82) is 0 Å². The number of pyridine rings is 1. The third-order valence-electron chi connectivity index (χ3n) is 2.23. The number of hydrogen-bond donors (Lipinski definition) is 2. The van der Waals surface area contributed by atoms with Gasteiger partial charge < -0.3 is 5.73 Å². The summed E-state index contributed by atoms with van der Waals surface area (Å²) < 4.78 is 26.9. The minimum atomic E-state index is -3.55. The molecule has 0 aliphatic heterocycles. The number of nitrogens with zero attached hydrogens (tertiary/aromatic N) is 1. The molecule has 2 aromatic heterocycles. The van der Waals surface area contributed by atoms with Crippen LogP contribution in [0, 0.1) is 6.92 Å². The van der Waals surface area contributed by atoms with Crippen molar-refractivity contribution in [2.24, 2.45) is 5.73 Å². The van der Waals surface area contributed by atoms with Crippen LogP contribution in [-0.4, -0.2) is 13.4 Å². The zero-order valence-electron chi connectivity index (χ0n) is 9.75. The van der Waals surface area contributed by atoms with E-state index in [9.17, 15) is 8.42 Å². The summed E-state index contributed by atoms with van der Waals surface area (Å²) in [6.45, 7) is 2.19. The third-order valence-corrected chi connectivity index (χ3v) is 5.21. The number of thiophene rings is 1. The van der Waals surface area contributed by atoms with Gasteiger partial charge in [0.2, 0.25) is 0 Å². The number of hydrogen-bond acceptors (Lipinski definition) is 5. The fraction of sp³-hybridized carbons (Fsp3) is 0.182. The Bertz CT molecular complexity index is 650. The van der Waals surface area contributed by atoms with Crippen LogP contribution < -0.4 is 10.5 Å². The molecule has 0 bridgehead atoms. The summed E-state index contributed by atoms with van der Waals surface area (Å²) in [6, 6.07) is 4.99. The Morgan fingerprint density at radius 1 is 1.39 bits per heavy atom. The van der Waals surface area contributed by atoms with Gasteiger partial charge in [-0.2, -0.15) is 0 Å². The lowest BCUT2D eigenvalue weighted by molar-refractivity contribution is 0.603. The van der Waals surface area contributed by atoms with Gasteiger partial charge in [0.25, 0.3) is 10.0 Å². The molecule has 2 rings (SSSR count). The van der Waals surface area contributed by atoms with Crippen LogP contribution in [0.3, 0.4) is 0 Å². The van der Waals surface area contributed by atoms with Crippen molar-refractivity contribution in [1.82, 2.24) is 4.98 Å². The van der Waals surface area contributed by atoms with E-state index in [1.54, 1.807) is 24.4 Å². The molecule has 18 heavy (non-hydrogen) atoms. The lowest BCUT2D eigenvalue weighted by Crippen LogP contribution is -2.11. The van der Waals surface area contributed by atoms with Crippen LogP contribution in [0.25, 0.3) is 0 Å². The second-order valence-electron chi connectivity index (χ2n) is 3.78. The Hall–Kier alpha value is -1.44. The van der Waals surface area contributed by atoms with Gasteiger partial charge in [0, 0.05) is 17.6 Å². The van der Waals surface area contributed by atoms with Gasteiger partial charge in [-0.05, 0) is 30.7 Å². The summed E-state index contributed by atoms with van der Waals surface area (Å²) in [6.07, 6.45) is 3.14. The molecule has 5 nitrogen and oxygen atoms in total. The minimum Gasteiger partial charge on any atom is -0.326 e. The Morgan fingerprint density at radius 2 is 2.17 bits per heavy atom. The van der Waals surface area contributed by atoms with E-state index >= 15 is 0 Å². The smallest absolute Gasteiger partial charge is 0.271 e. The lowest BCUT2D eigenvalue weighted by Gasteiger charge is -2.06. The molecule has 0 spiro atoms. The molecule has 7 heteroatoms. The van der Waals surface area contributed by atoms with Crippen molar-refractivity contribution in [3.63, 3.8) is 0 Å². The molecule has 0 aromatic carbocycles. The molecule has 3 N–H and O–H groups in total. The first kappa shape index (κ1) is 13.0. The summed E-state index contributed by atoms with van der Waals surface area (Å²) >= 11 is 1.17. The average Bonchev–Trinajstić information content (AvgIpc) is 2.77. The highest BCUT2D eigenvalue weighted by Gasteiger charge is 2.16. The van der Waals surface area contributed by atoms with Gasteiger partial charge in [-0.3, -0.25) is 9.71 Å². The van der Waals surface area contributed by atoms with E-state index in [1.165, 1.54) is 17.5 Å². The number of aryl methyl sites for hydroxylation is 1. The summed E-state index contributed by atoms with van der Waals surface area (Å²) in [5.74, 6) is 0. The fourth-order valence-electron chi connectivity index (χ4n) is 1.43. The summed E-state index contributed by atoms with van der Waals surface area (Å²) in [5, 5.41) is 0. The van der Waals surface area contributed by atoms with Gasteiger partial charge in [0.1, 0.15) is 4.21 Å². The number of nitrogens with one attached hydrogen (secondary N) is 1. The molecule has 0 aliphatic carbocycles. The number of aromatic nitrogens is 1. The van der Waals surface area contributed by atoms with Crippen molar-refractivity contribution < 1.29 is 8.42 Å². The molecule has 2 aromatic rings. The lowest BCUT2D eigenvalue weighted by atomic mass is 10.3. The quantitative estimate of drug-likeness (QED) is 0.894. The summed E-state index contributed by atoms with van der Waals surface area (Å²) in [5.41, 5.74) is 6.81. The SMILES string of the molecule is Cc1cncc(NS(=O)(=O)c2ccc(CN)s2)c1. The summed E-state index contributed by atoms with van der Waals surface area (Å²) in [7, 11) is -3.55. The molecule has 0 saturated heterocycles. The van der Waals surface area contributed by atoms with Crippen molar-refractivity contribution in [3.8, 4) is 0 Å². The maximum atomic E-state index is 12.1. The van der Waals surface area contributed by atoms with Gasteiger partial charge in [-0.1, -0.05) is 0 Å². The normalized spacial score (nSPS) is 11.4. The largest absolute Gasteiger partial charge is 0.326 e. The first-order chi connectivity index (χ1) is 8.51. The molecule has 0 amide bonds. The topological polar surface area (TPSA) is 85.1 Å². The molecule has 0 unspecified atom stereocenters. The van der Waals surface area contributed by atoms with Crippen molar-refractivity contribution in [3.05, 3.63) is 41.0 Å². The van der Waals surface area contributed by atoms with Crippen molar-refractivity contribution >= 4 is 27.0 Å². The van der Waals surface area contributed by atoms with Crippen LogP contribution in [-0.2, 0) is 16.6 Å². The van der Waals surface area contributed by atoms with Crippen LogP contribution in [0.1, 0.15) is 10.4 Å². The molecule has 0 radical (unpaired) electrons. The number of anilines is 1. The Labute approximate surface area is 110 Å². The monoisotopic (exact) mass is 283 g/mol. The van der Waals surface area contributed by atoms with E-state index < -0.39 is 10.0 Å². The highest BCUT2D eigenvalue weighted by atomic mass is 32.2. The van der Waals surface area contributed by atoms with Gasteiger partial charge in [-0.25, -0.2) is 8.42 Å². The second-order valence-corrected chi connectivity index (χ2v) is 6.86. The van der Waals surface area contributed by atoms with Gasteiger partial charge >= 0.3 is 0 Å². The maximum Gasteiger partial charge on any atom is 0.271 e. The zero-order chi connectivity index (χ0) is 13.2. The second kappa shape index (κ2) is 5.05. The van der Waals surface area contributed by atoms with E-state index in [4.69, 9.17) is 5.73 Å². The Kier molecular flexibility index (Phi) is 3.65. The highest BCUT2D eigenvalue weighted by Crippen LogP contribution is 2.23. The average molecular weight is 283 g/mol. The Morgan fingerprint density at radius 3 is 2.78 bits per heavy atom. The molecule has 96 valence electrons. The molecule has 2 heterocycles. The first-order valence-corrected chi connectivity index (χ1v) is 7.54. The van der Waals surface area contributed by atoms with Crippen LogP contribution in [0.15, 0.2) is 34.8 Å². The van der Waals surface area contributed by atoms with E-state index in [0.717, 1.165) is 10.4 Å². The number of nitrogens with two attached hydrogens (primary N) is 1. The van der Waals surface area contributed by atoms with Gasteiger partial charge in [0.05, 0.1) is 11.9 Å². The van der Waals surface area contributed by atoms with Gasteiger partial charge in [0.15, 0.2) is 0 Å². The van der Waals surface area contributed by atoms with Gasteiger partial charge in [-0.15, -0.1) is 11.3 Å². The molecule has 0 fully saturated rings. The van der Waals surface area contributed by atoms with E-state index in [2.05, 4.69) is 9.71 Å². The molecule has 0 atom stereocenters.